The Balaban J connectivity index is 1.61. The number of carbonyl (C=O) groups excluding carboxylic acids is 1. The van der Waals surface area contributed by atoms with E-state index in [0.29, 0.717) is 16.7 Å². The molecule has 3 heterocycles. The molecule has 3 aromatic heterocycles. The Morgan fingerprint density at radius 1 is 1.04 bits per heavy atom. The Labute approximate surface area is 152 Å². The predicted octanol–water partition coefficient (Wildman–Crippen LogP) is 3.82. The lowest BCUT2D eigenvalue weighted by molar-refractivity contribution is 0.102. The van der Waals surface area contributed by atoms with Gasteiger partial charge in [0.15, 0.2) is 5.65 Å². The SMILES string of the molecule is O=C(Nc1nc2ccc(F)cn2n1)c1cc2ccccc2c2cccnc12. The van der Waals surface area contributed by atoms with Crippen molar-refractivity contribution in [1.29, 1.82) is 0 Å². The van der Waals surface area contributed by atoms with Crippen molar-refractivity contribution in [3.05, 3.63) is 78.4 Å². The molecule has 27 heavy (non-hydrogen) atoms. The zero-order valence-electron chi connectivity index (χ0n) is 13.9. The lowest BCUT2D eigenvalue weighted by Crippen LogP contribution is -2.14. The Morgan fingerprint density at radius 3 is 2.81 bits per heavy atom. The number of pyridine rings is 2. The molecule has 5 rings (SSSR count). The number of rotatable bonds is 2. The molecule has 1 N–H and O–H groups in total. The number of aromatic nitrogens is 4. The van der Waals surface area contributed by atoms with Gasteiger partial charge in [0, 0.05) is 11.6 Å². The molecule has 130 valence electrons. The second-order valence-corrected chi connectivity index (χ2v) is 6.08. The number of nitrogens with one attached hydrogen (secondary N) is 1. The van der Waals surface area contributed by atoms with Gasteiger partial charge in [-0.05, 0) is 35.0 Å². The van der Waals surface area contributed by atoms with E-state index < -0.39 is 5.82 Å². The van der Waals surface area contributed by atoms with Crippen LogP contribution in [0.15, 0.2) is 67.0 Å². The number of hydrogen-bond acceptors (Lipinski definition) is 4. The highest BCUT2D eigenvalue weighted by atomic mass is 19.1. The standard InChI is InChI=1S/C20H12FN5O/c21-13-7-8-17-23-20(25-26(17)11-13)24-19(27)16-10-12-4-1-2-5-14(12)15-6-3-9-22-18(15)16/h1-11H,(H,24,25,27). The second-order valence-electron chi connectivity index (χ2n) is 6.08. The molecule has 0 atom stereocenters. The lowest BCUT2D eigenvalue weighted by Gasteiger charge is -2.08. The first kappa shape index (κ1) is 15.4. The van der Waals surface area contributed by atoms with E-state index in [0.717, 1.165) is 16.2 Å². The first-order chi connectivity index (χ1) is 13.2. The minimum absolute atomic E-state index is 0.0999. The van der Waals surface area contributed by atoms with Crippen LogP contribution in [0, 0.1) is 5.82 Å². The lowest BCUT2D eigenvalue weighted by atomic mass is 10.0. The van der Waals surface area contributed by atoms with Crippen LogP contribution >= 0.6 is 0 Å². The van der Waals surface area contributed by atoms with Gasteiger partial charge in [-0.2, -0.15) is 4.98 Å². The number of benzene rings is 2. The van der Waals surface area contributed by atoms with E-state index >= 15 is 0 Å². The van der Waals surface area contributed by atoms with E-state index in [1.807, 2.05) is 36.4 Å². The van der Waals surface area contributed by atoms with E-state index in [9.17, 15) is 9.18 Å². The van der Waals surface area contributed by atoms with Crippen molar-refractivity contribution in [2.24, 2.45) is 0 Å². The molecule has 0 aliphatic heterocycles. The topological polar surface area (TPSA) is 72.2 Å². The van der Waals surface area contributed by atoms with Gasteiger partial charge in [-0.1, -0.05) is 30.3 Å². The molecule has 5 aromatic rings. The van der Waals surface area contributed by atoms with Crippen molar-refractivity contribution in [3.8, 4) is 0 Å². The zero-order chi connectivity index (χ0) is 18.4. The average molecular weight is 357 g/mol. The summed E-state index contributed by atoms with van der Waals surface area (Å²) in [5.74, 6) is -0.710. The van der Waals surface area contributed by atoms with Gasteiger partial charge in [0.05, 0.1) is 17.3 Å². The molecular weight excluding hydrogens is 345 g/mol. The quantitative estimate of drug-likeness (QED) is 0.488. The van der Waals surface area contributed by atoms with Gasteiger partial charge < -0.3 is 0 Å². The Hall–Kier alpha value is -3.87. The molecule has 0 radical (unpaired) electrons. The molecule has 0 spiro atoms. The molecule has 2 aromatic carbocycles. The first-order valence-corrected chi connectivity index (χ1v) is 8.29. The van der Waals surface area contributed by atoms with Gasteiger partial charge in [0.1, 0.15) is 5.82 Å². The van der Waals surface area contributed by atoms with Crippen molar-refractivity contribution < 1.29 is 9.18 Å². The van der Waals surface area contributed by atoms with Gasteiger partial charge in [0.25, 0.3) is 5.91 Å². The molecule has 0 fully saturated rings. The number of anilines is 1. The van der Waals surface area contributed by atoms with Crippen LogP contribution in [0.2, 0.25) is 0 Å². The molecule has 0 bridgehead atoms. The fourth-order valence-corrected chi connectivity index (χ4v) is 3.18. The van der Waals surface area contributed by atoms with Crippen LogP contribution < -0.4 is 5.32 Å². The third-order valence-corrected chi connectivity index (χ3v) is 4.38. The second kappa shape index (κ2) is 5.84. The van der Waals surface area contributed by atoms with Crippen LogP contribution in [0.1, 0.15) is 10.4 Å². The van der Waals surface area contributed by atoms with Gasteiger partial charge in [-0.3, -0.25) is 15.1 Å². The summed E-state index contributed by atoms with van der Waals surface area (Å²) >= 11 is 0. The average Bonchev–Trinajstić information content (AvgIpc) is 3.08. The van der Waals surface area contributed by atoms with Crippen LogP contribution in [0.3, 0.4) is 0 Å². The third-order valence-electron chi connectivity index (χ3n) is 4.38. The van der Waals surface area contributed by atoms with Crippen LogP contribution in [0.4, 0.5) is 10.3 Å². The molecule has 0 unspecified atom stereocenters. The predicted molar refractivity (Wildman–Crippen MR) is 100 cm³/mol. The van der Waals surface area contributed by atoms with Crippen molar-refractivity contribution in [2.75, 3.05) is 5.32 Å². The molecule has 0 aliphatic rings. The fraction of sp³-hybridized carbons (Fsp3) is 0. The summed E-state index contributed by atoms with van der Waals surface area (Å²) in [5.41, 5.74) is 1.46. The molecular formula is C20H12FN5O. The summed E-state index contributed by atoms with van der Waals surface area (Å²) in [7, 11) is 0. The molecule has 0 saturated carbocycles. The Morgan fingerprint density at radius 2 is 1.89 bits per heavy atom. The van der Waals surface area contributed by atoms with E-state index in [1.54, 1.807) is 12.3 Å². The van der Waals surface area contributed by atoms with Crippen LogP contribution in [-0.2, 0) is 0 Å². The summed E-state index contributed by atoms with van der Waals surface area (Å²) in [4.78, 5) is 21.5. The van der Waals surface area contributed by atoms with Gasteiger partial charge in [-0.25, -0.2) is 8.91 Å². The number of amides is 1. The Kier molecular flexibility index (Phi) is 3.33. The number of fused-ring (bicyclic) bond motifs is 4. The van der Waals surface area contributed by atoms with Crippen molar-refractivity contribution in [2.45, 2.75) is 0 Å². The minimum atomic E-state index is -0.435. The number of halogens is 1. The molecule has 0 aliphatic carbocycles. The summed E-state index contributed by atoms with van der Waals surface area (Å²) in [5, 5.41) is 9.63. The highest BCUT2D eigenvalue weighted by molar-refractivity contribution is 6.18. The van der Waals surface area contributed by atoms with Crippen LogP contribution in [0.25, 0.3) is 27.3 Å². The fourth-order valence-electron chi connectivity index (χ4n) is 3.18. The van der Waals surface area contributed by atoms with E-state index in [2.05, 4.69) is 20.4 Å². The highest BCUT2D eigenvalue weighted by Gasteiger charge is 2.16. The van der Waals surface area contributed by atoms with E-state index in [4.69, 9.17) is 0 Å². The summed E-state index contributed by atoms with van der Waals surface area (Å²) in [6.45, 7) is 0. The van der Waals surface area contributed by atoms with Crippen LogP contribution in [-0.4, -0.2) is 25.5 Å². The van der Waals surface area contributed by atoms with Crippen molar-refractivity contribution in [3.63, 3.8) is 0 Å². The van der Waals surface area contributed by atoms with Gasteiger partial charge >= 0.3 is 0 Å². The minimum Gasteiger partial charge on any atom is -0.289 e. The van der Waals surface area contributed by atoms with Crippen molar-refractivity contribution >= 4 is 39.2 Å². The number of nitrogens with zero attached hydrogens (tertiary/aromatic N) is 4. The van der Waals surface area contributed by atoms with Gasteiger partial charge in [-0.15, -0.1) is 5.10 Å². The molecule has 6 nitrogen and oxygen atoms in total. The Bertz CT molecular complexity index is 1340. The van der Waals surface area contributed by atoms with Crippen LogP contribution in [0.5, 0.6) is 0 Å². The zero-order valence-corrected chi connectivity index (χ0v) is 13.9. The summed E-state index contributed by atoms with van der Waals surface area (Å²) in [6, 6.07) is 16.2. The van der Waals surface area contributed by atoms with E-state index in [1.165, 1.54) is 22.8 Å². The monoisotopic (exact) mass is 357 g/mol. The van der Waals surface area contributed by atoms with Gasteiger partial charge in [0.2, 0.25) is 5.95 Å². The summed E-state index contributed by atoms with van der Waals surface area (Å²) < 4.78 is 14.6. The molecule has 0 saturated heterocycles. The maximum absolute atomic E-state index is 13.3. The van der Waals surface area contributed by atoms with E-state index in [-0.39, 0.29) is 11.9 Å². The summed E-state index contributed by atoms with van der Waals surface area (Å²) in [6.07, 6.45) is 2.85. The molecule has 1 amide bonds. The first-order valence-electron chi connectivity index (χ1n) is 8.29. The number of carbonyl (C=O) groups is 1. The smallest absolute Gasteiger partial charge is 0.260 e. The highest BCUT2D eigenvalue weighted by Crippen LogP contribution is 2.27. The number of hydrogen-bond donors (Lipinski definition) is 1. The maximum Gasteiger partial charge on any atom is 0.260 e. The normalized spacial score (nSPS) is 11.3. The maximum atomic E-state index is 13.3. The molecule has 7 heteroatoms. The van der Waals surface area contributed by atoms with Crippen molar-refractivity contribution in [1.82, 2.24) is 19.6 Å². The largest absolute Gasteiger partial charge is 0.289 e. The third kappa shape index (κ3) is 2.56.